The lowest BCUT2D eigenvalue weighted by atomic mass is 9.93. The van der Waals surface area contributed by atoms with E-state index in [0.717, 1.165) is 19.6 Å². The molecular weight excluding hydrogens is 181 g/mol. The third kappa shape index (κ3) is 2.22. The highest BCUT2D eigenvalue weighted by molar-refractivity contribution is 5.18. The molecule has 0 aromatic carbocycles. The number of halogens is 1. The van der Waals surface area contributed by atoms with Crippen molar-refractivity contribution in [2.24, 2.45) is 5.92 Å². The van der Waals surface area contributed by atoms with Gasteiger partial charge in [0.05, 0.1) is 12.7 Å². The normalized spacial score (nSPS) is 38.1. The van der Waals surface area contributed by atoms with Gasteiger partial charge < -0.3 is 10.1 Å². The van der Waals surface area contributed by atoms with Crippen LogP contribution >= 0.6 is 0 Å². The van der Waals surface area contributed by atoms with E-state index in [1.807, 2.05) is 6.08 Å². The maximum absolute atomic E-state index is 12.7. The molecule has 3 heteroatoms. The highest BCUT2D eigenvalue weighted by Crippen LogP contribution is 2.23. The molecule has 2 aliphatic rings. The Kier molecular flexibility index (Phi) is 2.99. The Morgan fingerprint density at radius 1 is 1.57 bits per heavy atom. The predicted molar refractivity (Wildman–Crippen MR) is 53.6 cm³/mol. The Morgan fingerprint density at radius 2 is 2.43 bits per heavy atom. The van der Waals surface area contributed by atoms with Crippen LogP contribution in [-0.4, -0.2) is 25.3 Å². The molecule has 1 fully saturated rings. The summed E-state index contributed by atoms with van der Waals surface area (Å²) in [4.78, 5) is 0. The van der Waals surface area contributed by atoms with Crippen LogP contribution in [0.25, 0.3) is 0 Å². The van der Waals surface area contributed by atoms with Crippen LogP contribution in [0, 0.1) is 5.92 Å². The van der Waals surface area contributed by atoms with Crippen LogP contribution in [0.1, 0.15) is 13.3 Å². The lowest BCUT2D eigenvalue weighted by molar-refractivity contribution is -0.0147. The van der Waals surface area contributed by atoms with Crippen molar-refractivity contribution in [2.75, 3.05) is 13.2 Å². The summed E-state index contributed by atoms with van der Waals surface area (Å²) in [5.74, 6) is 0.202. The zero-order chi connectivity index (χ0) is 9.97. The fraction of sp³-hybridized carbons (Fsp3) is 0.636. The summed E-state index contributed by atoms with van der Waals surface area (Å²) >= 11 is 0. The summed E-state index contributed by atoms with van der Waals surface area (Å²) in [5.41, 5.74) is 0. The monoisotopic (exact) mass is 197 g/mol. The Bertz CT molecular complexity index is 254. The van der Waals surface area contributed by atoms with Crippen molar-refractivity contribution < 1.29 is 9.13 Å². The molecule has 0 amide bonds. The van der Waals surface area contributed by atoms with Gasteiger partial charge in [-0.25, -0.2) is 4.39 Å². The van der Waals surface area contributed by atoms with E-state index >= 15 is 0 Å². The second kappa shape index (κ2) is 4.24. The molecular formula is C11H16FNO. The Morgan fingerprint density at radius 3 is 3.00 bits per heavy atom. The van der Waals surface area contributed by atoms with E-state index in [0.29, 0.717) is 12.0 Å². The molecule has 1 saturated heterocycles. The summed E-state index contributed by atoms with van der Waals surface area (Å²) in [6, 6.07) is 0.436. The third-order valence-electron chi connectivity index (χ3n) is 2.79. The highest BCUT2D eigenvalue weighted by Gasteiger charge is 2.25. The topological polar surface area (TPSA) is 21.3 Å². The maximum atomic E-state index is 12.7. The maximum Gasteiger partial charge on any atom is 0.118 e. The van der Waals surface area contributed by atoms with Crippen molar-refractivity contribution in [2.45, 2.75) is 25.5 Å². The minimum atomic E-state index is -0.126. The summed E-state index contributed by atoms with van der Waals surface area (Å²) in [6.07, 6.45) is 6.04. The van der Waals surface area contributed by atoms with Gasteiger partial charge in [-0.15, -0.1) is 0 Å². The molecule has 3 atom stereocenters. The number of hydrogen-bond acceptors (Lipinski definition) is 2. The zero-order valence-corrected chi connectivity index (χ0v) is 8.37. The highest BCUT2D eigenvalue weighted by atomic mass is 19.1. The van der Waals surface area contributed by atoms with Crippen LogP contribution in [0.3, 0.4) is 0 Å². The number of morpholine rings is 1. The molecule has 0 spiro atoms. The van der Waals surface area contributed by atoms with Gasteiger partial charge in [0.25, 0.3) is 0 Å². The largest absolute Gasteiger partial charge is 0.375 e. The molecule has 0 radical (unpaired) electrons. The summed E-state index contributed by atoms with van der Waals surface area (Å²) in [5, 5.41) is 3.37. The van der Waals surface area contributed by atoms with Crippen molar-refractivity contribution >= 4 is 0 Å². The minimum absolute atomic E-state index is 0.126. The fourth-order valence-electron chi connectivity index (χ4n) is 1.86. The van der Waals surface area contributed by atoms with Crippen LogP contribution < -0.4 is 5.32 Å². The van der Waals surface area contributed by atoms with E-state index in [1.165, 1.54) is 6.08 Å². The smallest absolute Gasteiger partial charge is 0.118 e. The Labute approximate surface area is 83.8 Å². The van der Waals surface area contributed by atoms with Gasteiger partial charge in [0.2, 0.25) is 0 Å². The molecule has 0 bridgehead atoms. The van der Waals surface area contributed by atoms with Gasteiger partial charge in [0.1, 0.15) is 5.83 Å². The van der Waals surface area contributed by atoms with E-state index in [9.17, 15) is 4.39 Å². The molecule has 0 saturated carbocycles. The lowest BCUT2D eigenvalue weighted by Gasteiger charge is -2.32. The molecule has 1 aliphatic heterocycles. The second-order valence-electron chi connectivity index (χ2n) is 4.03. The molecule has 0 aromatic rings. The first-order chi connectivity index (χ1) is 6.75. The summed E-state index contributed by atoms with van der Waals surface area (Å²) in [7, 11) is 0. The third-order valence-corrected chi connectivity index (χ3v) is 2.79. The fourth-order valence-corrected chi connectivity index (χ4v) is 1.86. The average Bonchev–Trinajstić information content (AvgIpc) is 2.21. The summed E-state index contributed by atoms with van der Waals surface area (Å²) < 4.78 is 18.4. The van der Waals surface area contributed by atoms with Gasteiger partial charge in [-0.2, -0.15) is 0 Å². The molecule has 1 heterocycles. The van der Waals surface area contributed by atoms with Gasteiger partial charge in [0, 0.05) is 18.5 Å². The minimum Gasteiger partial charge on any atom is -0.375 e. The molecule has 2 nitrogen and oxygen atoms in total. The van der Waals surface area contributed by atoms with E-state index < -0.39 is 0 Å². The van der Waals surface area contributed by atoms with E-state index in [1.54, 1.807) is 6.08 Å². The van der Waals surface area contributed by atoms with Crippen LogP contribution in [-0.2, 0) is 4.74 Å². The molecule has 14 heavy (non-hydrogen) atoms. The van der Waals surface area contributed by atoms with Crippen LogP contribution in [0.4, 0.5) is 4.39 Å². The van der Waals surface area contributed by atoms with Crippen molar-refractivity contribution in [1.29, 1.82) is 0 Å². The number of rotatable bonds is 1. The predicted octanol–water partition coefficient (Wildman–Crippen LogP) is 1.79. The first-order valence-corrected chi connectivity index (χ1v) is 5.14. The van der Waals surface area contributed by atoms with Crippen LogP contribution in [0.5, 0.6) is 0 Å². The van der Waals surface area contributed by atoms with Crippen molar-refractivity contribution in [3.05, 3.63) is 24.1 Å². The number of allylic oxidation sites excluding steroid dienone is 3. The molecule has 2 rings (SSSR count). The van der Waals surface area contributed by atoms with E-state index in [4.69, 9.17) is 4.74 Å². The van der Waals surface area contributed by atoms with Gasteiger partial charge in [0.15, 0.2) is 0 Å². The van der Waals surface area contributed by atoms with Crippen molar-refractivity contribution in [3.63, 3.8) is 0 Å². The Balaban J connectivity index is 1.88. The van der Waals surface area contributed by atoms with E-state index in [-0.39, 0.29) is 11.9 Å². The van der Waals surface area contributed by atoms with Crippen molar-refractivity contribution in [3.8, 4) is 0 Å². The Hall–Kier alpha value is -0.670. The first kappa shape index (κ1) is 9.87. The number of ether oxygens (including phenoxy) is 1. The van der Waals surface area contributed by atoms with E-state index in [2.05, 4.69) is 12.2 Å². The lowest BCUT2D eigenvalue weighted by Crippen LogP contribution is -2.47. The van der Waals surface area contributed by atoms with Gasteiger partial charge in [-0.05, 0) is 25.5 Å². The molecule has 0 aromatic heterocycles. The van der Waals surface area contributed by atoms with Crippen LogP contribution in [0.15, 0.2) is 24.1 Å². The van der Waals surface area contributed by atoms with Gasteiger partial charge >= 0.3 is 0 Å². The number of hydrogen-bond donors (Lipinski definition) is 1. The SMILES string of the molecule is C[C@@H]1CO[C@@H](C2C=CC(F)=CC2)CN1. The first-order valence-electron chi connectivity index (χ1n) is 5.14. The van der Waals surface area contributed by atoms with Crippen molar-refractivity contribution in [1.82, 2.24) is 5.32 Å². The summed E-state index contributed by atoms with van der Waals surface area (Å²) in [6.45, 7) is 3.72. The number of nitrogens with one attached hydrogen (secondary N) is 1. The molecule has 78 valence electrons. The zero-order valence-electron chi connectivity index (χ0n) is 8.37. The average molecular weight is 197 g/mol. The molecule has 1 N–H and O–H groups in total. The molecule has 1 aliphatic carbocycles. The van der Waals surface area contributed by atoms with Gasteiger partial charge in [-0.3, -0.25) is 0 Å². The van der Waals surface area contributed by atoms with Gasteiger partial charge in [-0.1, -0.05) is 6.08 Å². The second-order valence-corrected chi connectivity index (χ2v) is 4.03. The van der Waals surface area contributed by atoms with Crippen LogP contribution in [0.2, 0.25) is 0 Å². The quantitative estimate of drug-likeness (QED) is 0.692. The molecule has 1 unspecified atom stereocenters. The standard InChI is InChI=1S/C11H16FNO/c1-8-7-14-11(6-13-8)9-2-4-10(12)5-3-9/h2,4-5,8-9,11,13H,3,6-7H2,1H3/t8-,9?,11-/m1/s1.